The van der Waals surface area contributed by atoms with Gasteiger partial charge >= 0.3 is 0 Å². The van der Waals surface area contributed by atoms with Crippen molar-refractivity contribution in [3.8, 4) is 0 Å². The fourth-order valence-corrected chi connectivity index (χ4v) is 2.61. The predicted octanol–water partition coefficient (Wildman–Crippen LogP) is 3.98. The molecule has 0 aliphatic heterocycles. The topological polar surface area (TPSA) is 17.1 Å². The van der Waals surface area contributed by atoms with Crippen molar-refractivity contribution in [3.63, 3.8) is 0 Å². The quantitative estimate of drug-likeness (QED) is 0.493. The fourth-order valence-electron chi connectivity index (χ4n) is 2.61. The minimum absolute atomic E-state index is 0.674. The minimum atomic E-state index is 0.674. The van der Waals surface area contributed by atoms with Gasteiger partial charge in [-0.05, 0) is 43.4 Å². The van der Waals surface area contributed by atoms with Crippen molar-refractivity contribution in [2.24, 2.45) is 17.8 Å². The predicted molar refractivity (Wildman–Crippen MR) is 64.7 cm³/mol. The lowest BCUT2D eigenvalue weighted by Gasteiger charge is -2.28. The van der Waals surface area contributed by atoms with E-state index in [1.165, 1.54) is 19.3 Å². The van der Waals surface area contributed by atoms with E-state index in [2.05, 4.69) is 26.8 Å². The molecule has 0 saturated carbocycles. The molecule has 1 heteroatoms. The van der Waals surface area contributed by atoms with Crippen LogP contribution in [0, 0.1) is 17.8 Å². The van der Waals surface area contributed by atoms with Crippen molar-refractivity contribution in [2.45, 2.75) is 52.9 Å². The second kappa shape index (κ2) is 6.09. The van der Waals surface area contributed by atoms with Crippen LogP contribution in [0.1, 0.15) is 52.9 Å². The molecule has 2 atom stereocenters. The third-order valence-electron chi connectivity index (χ3n) is 3.40. The van der Waals surface area contributed by atoms with Crippen LogP contribution in [0.3, 0.4) is 0 Å². The van der Waals surface area contributed by atoms with E-state index in [-0.39, 0.29) is 0 Å². The van der Waals surface area contributed by atoms with Gasteiger partial charge in [0.25, 0.3) is 0 Å². The van der Waals surface area contributed by atoms with Crippen LogP contribution in [-0.2, 0) is 4.79 Å². The van der Waals surface area contributed by atoms with Crippen molar-refractivity contribution in [1.82, 2.24) is 0 Å². The fraction of sp³-hybridized carbons (Fsp3) is 0.786. The number of hydrogen-bond acceptors (Lipinski definition) is 1. The Morgan fingerprint density at radius 3 is 2.80 bits per heavy atom. The first-order valence-corrected chi connectivity index (χ1v) is 6.26. The first kappa shape index (κ1) is 12.5. The maximum Gasteiger partial charge on any atom is 0.120 e. The number of aldehydes is 1. The third kappa shape index (κ3) is 4.19. The van der Waals surface area contributed by atoms with Crippen LogP contribution in [0.4, 0.5) is 0 Å². The smallest absolute Gasteiger partial charge is 0.120 e. The van der Waals surface area contributed by atoms with Gasteiger partial charge < -0.3 is 4.79 Å². The summed E-state index contributed by atoms with van der Waals surface area (Å²) in [6.45, 7) is 6.86. The molecule has 86 valence electrons. The van der Waals surface area contributed by atoms with E-state index < -0.39 is 0 Å². The first-order chi connectivity index (χ1) is 7.13. The monoisotopic (exact) mass is 208 g/mol. The van der Waals surface area contributed by atoms with Crippen LogP contribution in [0.15, 0.2) is 11.6 Å². The number of carbonyl (C=O) groups is 1. The highest BCUT2D eigenvalue weighted by Crippen LogP contribution is 2.33. The Hall–Kier alpha value is -0.590. The van der Waals surface area contributed by atoms with Crippen molar-refractivity contribution < 1.29 is 4.79 Å². The second-order valence-electron chi connectivity index (χ2n) is 5.32. The lowest BCUT2D eigenvalue weighted by atomic mass is 9.78. The van der Waals surface area contributed by atoms with Gasteiger partial charge in [0.05, 0.1) is 0 Å². The minimum Gasteiger partial charge on any atom is -0.303 e. The summed E-state index contributed by atoms with van der Waals surface area (Å²) in [7, 11) is 0. The number of rotatable bonds is 5. The molecule has 0 aromatic carbocycles. The van der Waals surface area contributed by atoms with Crippen LogP contribution in [0.2, 0.25) is 0 Å². The van der Waals surface area contributed by atoms with E-state index >= 15 is 0 Å². The molecule has 1 nitrogen and oxygen atoms in total. The molecule has 0 radical (unpaired) electrons. The Balaban J connectivity index is 2.45. The van der Waals surface area contributed by atoms with Crippen LogP contribution in [-0.4, -0.2) is 6.29 Å². The summed E-state index contributed by atoms with van der Waals surface area (Å²) in [4.78, 5) is 10.3. The highest BCUT2D eigenvalue weighted by molar-refractivity contribution is 5.49. The summed E-state index contributed by atoms with van der Waals surface area (Å²) in [6, 6.07) is 0. The molecule has 1 aliphatic rings. The summed E-state index contributed by atoms with van der Waals surface area (Å²) in [5.74, 6) is 2.19. The van der Waals surface area contributed by atoms with E-state index in [1.54, 1.807) is 5.57 Å². The van der Waals surface area contributed by atoms with Crippen LogP contribution >= 0.6 is 0 Å². The summed E-state index contributed by atoms with van der Waals surface area (Å²) in [5, 5.41) is 0. The van der Waals surface area contributed by atoms with Gasteiger partial charge in [0.15, 0.2) is 0 Å². The molecule has 1 rings (SSSR count). The molecule has 0 fully saturated rings. The number of allylic oxidation sites excluding steroid dienone is 2. The normalized spacial score (nSPS) is 26.5. The Morgan fingerprint density at radius 1 is 1.53 bits per heavy atom. The highest BCUT2D eigenvalue weighted by atomic mass is 16.1. The van der Waals surface area contributed by atoms with Crippen molar-refractivity contribution in [2.75, 3.05) is 0 Å². The Labute approximate surface area is 93.9 Å². The lowest BCUT2D eigenvalue weighted by molar-refractivity contribution is -0.108. The number of carbonyl (C=O) groups excluding carboxylic acids is 1. The Kier molecular flexibility index (Phi) is 5.07. The summed E-state index contributed by atoms with van der Waals surface area (Å²) in [6.07, 6.45) is 9.13. The Morgan fingerprint density at radius 2 is 2.27 bits per heavy atom. The van der Waals surface area contributed by atoms with Gasteiger partial charge in [0.1, 0.15) is 6.29 Å². The lowest BCUT2D eigenvalue weighted by Crippen LogP contribution is -2.16. The zero-order valence-electron chi connectivity index (χ0n) is 10.3. The molecule has 15 heavy (non-hydrogen) atoms. The zero-order chi connectivity index (χ0) is 11.3. The number of hydrogen-bond donors (Lipinski definition) is 0. The van der Waals surface area contributed by atoms with Gasteiger partial charge in [-0.2, -0.15) is 0 Å². The van der Waals surface area contributed by atoms with Gasteiger partial charge in [-0.3, -0.25) is 0 Å². The summed E-state index contributed by atoms with van der Waals surface area (Å²) in [5.41, 5.74) is 1.64. The average molecular weight is 208 g/mol. The molecule has 0 aromatic rings. The Bertz CT molecular complexity index is 227. The molecule has 0 aromatic heterocycles. The molecular formula is C14H24O. The van der Waals surface area contributed by atoms with E-state index in [1.807, 2.05) is 0 Å². The first-order valence-electron chi connectivity index (χ1n) is 6.26. The van der Waals surface area contributed by atoms with Crippen molar-refractivity contribution >= 4 is 6.29 Å². The van der Waals surface area contributed by atoms with Gasteiger partial charge in [0, 0.05) is 6.42 Å². The molecule has 1 aliphatic carbocycles. The second-order valence-corrected chi connectivity index (χ2v) is 5.32. The van der Waals surface area contributed by atoms with Gasteiger partial charge in [0.2, 0.25) is 0 Å². The maximum absolute atomic E-state index is 10.3. The van der Waals surface area contributed by atoms with Crippen molar-refractivity contribution in [1.29, 1.82) is 0 Å². The van der Waals surface area contributed by atoms with Crippen LogP contribution in [0.5, 0.6) is 0 Å². The van der Waals surface area contributed by atoms with E-state index in [9.17, 15) is 4.79 Å². The molecule has 0 bridgehead atoms. The molecule has 0 N–H and O–H groups in total. The maximum atomic E-state index is 10.3. The van der Waals surface area contributed by atoms with Gasteiger partial charge in [-0.1, -0.05) is 32.4 Å². The zero-order valence-corrected chi connectivity index (χ0v) is 10.3. The summed E-state index contributed by atoms with van der Waals surface area (Å²) < 4.78 is 0. The van der Waals surface area contributed by atoms with Gasteiger partial charge in [-0.15, -0.1) is 0 Å². The summed E-state index contributed by atoms with van der Waals surface area (Å²) >= 11 is 0. The average Bonchev–Trinajstić information content (AvgIpc) is 2.15. The van der Waals surface area contributed by atoms with E-state index in [0.717, 1.165) is 31.0 Å². The van der Waals surface area contributed by atoms with Crippen LogP contribution < -0.4 is 0 Å². The molecule has 2 unspecified atom stereocenters. The van der Waals surface area contributed by atoms with E-state index in [4.69, 9.17) is 0 Å². The third-order valence-corrected chi connectivity index (χ3v) is 3.40. The molecule has 0 saturated heterocycles. The largest absolute Gasteiger partial charge is 0.303 e. The molecular weight excluding hydrogens is 184 g/mol. The molecule has 0 spiro atoms. The SMILES string of the molecule is CC(C)CC1=CC(C)C(CCC=O)CC1. The van der Waals surface area contributed by atoms with E-state index in [0.29, 0.717) is 5.92 Å². The van der Waals surface area contributed by atoms with Gasteiger partial charge in [-0.25, -0.2) is 0 Å². The molecule has 0 heterocycles. The van der Waals surface area contributed by atoms with Crippen molar-refractivity contribution in [3.05, 3.63) is 11.6 Å². The standard InChI is InChI=1S/C14H24O/c1-11(2)9-13-6-7-14(5-4-8-15)12(3)10-13/h8,10-12,14H,4-7,9H2,1-3H3. The molecule has 0 amide bonds. The van der Waals surface area contributed by atoms with Crippen LogP contribution in [0.25, 0.3) is 0 Å². The highest BCUT2D eigenvalue weighted by Gasteiger charge is 2.20.